The van der Waals surface area contributed by atoms with Gasteiger partial charge in [-0.05, 0) is 7.05 Å². The van der Waals surface area contributed by atoms with Crippen LogP contribution in [0.3, 0.4) is 0 Å². The molecular weight excluding hydrogens is 285 g/mol. The summed E-state index contributed by atoms with van der Waals surface area (Å²) in [6.07, 6.45) is 1.81. The van der Waals surface area contributed by atoms with Crippen molar-refractivity contribution < 1.29 is 9.13 Å². The van der Waals surface area contributed by atoms with Crippen LogP contribution in [0, 0.1) is 5.82 Å². The molecule has 0 aromatic carbocycles. The molecule has 0 radical (unpaired) electrons. The lowest BCUT2D eigenvalue weighted by molar-refractivity contribution is 0.179. The number of fused-ring (bicyclic) bond motifs is 1. The van der Waals surface area contributed by atoms with Gasteiger partial charge in [-0.2, -0.15) is 5.10 Å². The van der Waals surface area contributed by atoms with Crippen molar-refractivity contribution >= 4 is 5.71 Å². The highest BCUT2D eigenvalue weighted by Gasteiger charge is 2.20. The maximum absolute atomic E-state index is 13.2. The predicted molar refractivity (Wildman–Crippen MR) is 82.2 cm³/mol. The third-order valence-electron chi connectivity index (χ3n) is 3.89. The van der Waals surface area contributed by atoms with Gasteiger partial charge in [-0.25, -0.2) is 9.37 Å². The van der Waals surface area contributed by atoms with Gasteiger partial charge in [-0.1, -0.05) is 6.58 Å². The van der Waals surface area contributed by atoms with Crippen molar-refractivity contribution in [1.82, 2.24) is 20.2 Å². The quantitative estimate of drug-likeness (QED) is 0.845. The van der Waals surface area contributed by atoms with E-state index in [1.165, 1.54) is 12.3 Å². The van der Waals surface area contributed by atoms with Crippen LogP contribution in [0.4, 0.5) is 4.39 Å². The number of aromatic nitrogens is 1. The van der Waals surface area contributed by atoms with E-state index in [0.717, 1.165) is 37.7 Å². The summed E-state index contributed by atoms with van der Waals surface area (Å²) in [7, 11) is 2.11. The number of halogens is 1. The summed E-state index contributed by atoms with van der Waals surface area (Å²) in [6.45, 7) is 8.38. The number of nitrogens with zero attached hydrogens (tertiary/aromatic N) is 4. The summed E-state index contributed by atoms with van der Waals surface area (Å²) in [5.41, 5.74) is 4.35. The van der Waals surface area contributed by atoms with Gasteiger partial charge < -0.3 is 14.5 Å². The Bertz CT molecular complexity index is 596. The SMILES string of the molecule is C=C(N/N=C1/CCOc2cc(F)cnc21)N1CCN(C)CC1. The number of piperazine rings is 1. The zero-order valence-corrected chi connectivity index (χ0v) is 12.7. The molecule has 1 aromatic rings. The molecule has 6 nitrogen and oxygen atoms in total. The van der Waals surface area contributed by atoms with Crippen LogP contribution in [-0.2, 0) is 0 Å². The molecule has 22 heavy (non-hydrogen) atoms. The number of hydrogen-bond acceptors (Lipinski definition) is 6. The Balaban J connectivity index is 1.68. The molecule has 1 N–H and O–H groups in total. The van der Waals surface area contributed by atoms with Crippen LogP contribution in [0.25, 0.3) is 0 Å². The van der Waals surface area contributed by atoms with Crippen LogP contribution in [-0.4, -0.2) is 60.3 Å². The highest BCUT2D eigenvalue weighted by molar-refractivity contribution is 6.01. The van der Waals surface area contributed by atoms with Gasteiger partial charge in [0.05, 0.1) is 18.5 Å². The second-order valence-corrected chi connectivity index (χ2v) is 5.51. The van der Waals surface area contributed by atoms with Gasteiger partial charge in [0.25, 0.3) is 0 Å². The number of hydrazone groups is 1. The molecule has 0 bridgehead atoms. The molecule has 1 fully saturated rings. The van der Waals surface area contributed by atoms with Crippen LogP contribution >= 0.6 is 0 Å². The molecule has 0 saturated carbocycles. The Kier molecular flexibility index (Phi) is 4.24. The summed E-state index contributed by atoms with van der Waals surface area (Å²) in [4.78, 5) is 8.53. The van der Waals surface area contributed by atoms with Gasteiger partial charge in [0.2, 0.25) is 0 Å². The molecule has 0 atom stereocenters. The first kappa shape index (κ1) is 14.8. The van der Waals surface area contributed by atoms with Crippen molar-refractivity contribution in [3.8, 4) is 5.75 Å². The molecule has 0 unspecified atom stereocenters. The number of rotatable bonds is 3. The van der Waals surface area contributed by atoms with E-state index in [-0.39, 0.29) is 0 Å². The lowest BCUT2D eigenvalue weighted by atomic mass is 10.1. The van der Waals surface area contributed by atoms with E-state index in [9.17, 15) is 4.39 Å². The lowest BCUT2D eigenvalue weighted by Gasteiger charge is -2.34. The van der Waals surface area contributed by atoms with Gasteiger partial charge in [0.1, 0.15) is 23.1 Å². The number of nitrogens with one attached hydrogen (secondary N) is 1. The van der Waals surface area contributed by atoms with Crippen LogP contribution in [0.5, 0.6) is 5.75 Å². The first-order chi connectivity index (χ1) is 10.6. The minimum atomic E-state index is -0.408. The average molecular weight is 305 g/mol. The molecule has 2 aliphatic heterocycles. The topological polar surface area (TPSA) is 53.0 Å². The fourth-order valence-electron chi connectivity index (χ4n) is 2.51. The van der Waals surface area contributed by atoms with Crippen molar-refractivity contribution in [2.75, 3.05) is 39.8 Å². The first-order valence-electron chi connectivity index (χ1n) is 7.37. The molecule has 0 amide bonds. The van der Waals surface area contributed by atoms with Crippen LogP contribution in [0.15, 0.2) is 29.8 Å². The molecule has 0 aliphatic carbocycles. The summed E-state index contributed by atoms with van der Waals surface area (Å²) in [5, 5.41) is 4.40. The molecular formula is C15H20FN5O. The molecule has 3 heterocycles. The lowest BCUT2D eigenvalue weighted by Crippen LogP contribution is -2.45. The normalized spacial score (nSPS) is 20.5. The van der Waals surface area contributed by atoms with Crippen LogP contribution in [0.2, 0.25) is 0 Å². The maximum Gasteiger partial charge on any atom is 0.149 e. The van der Waals surface area contributed by atoms with E-state index in [1.807, 2.05) is 0 Å². The monoisotopic (exact) mass is 305 g/mol. The summed E-state index contributed by atoms with van der Waals surface area (Å²) < 4.78 is 18.6. The van der Waals surface area contributed by atoms with Gasteiger partial charge in [-0.3, -0.25) is 5.43 Å². The van der Waals surface area contributed by atoms with Gasteiger partial charge in [0, 0.05) is 38.7 Å². The Hall–Kier alpha value is -2.15. The number of pyridine rings is 1. The van der Waals surface area contributed by atoms with Gasteiger partial charge >= 0.3 is 0 Å². The number of ether oxygens (including phenoxy) is 1. The van der Waals surface area contributed by atoms with Crippen molar-refractivity contribution in [1.29, 1.82) is 0 Å². The van der Waals surface area contributed by atoms with Gasteiger partial charge in [0.15, 0.2) is 0 Å². The third kappa shape index (κ3) is 3.19. The van der Waals surface area contributed by atoms with E-state index < -0.39 is 5.82 Å². The number of likely N-dealkylation sites (N-methyl/N-ethyl adjacent to an activating group) is 1. The molecule has 0 spiro atoms. The Morgan fingerprint density at radius 1 is 1.41 bits per heavy atom. The van der Waals surface area contributed by atoms with E-state index in [0.29, 0.717) is 24.5 Å². The maximum atomic E-state index is 13.2. The summed E-state index contributed by atoms with van der Waals surface area (Å²) in [6, 6.07) is 1.34. The second-order valence-electron chi connectivity index (χ2n) is 5.51. The van der Waals surface area contributed by atoms with E-state index in [1.54, 1.807) is 0 Å². The Morgan fingerprint density at radius 2 is 2.18 bits per heavy atom. The zero-order valence-electron chi connectivity index (χ0n) is 12.7. The van der Waals surface area contributed by atoms with E-state index >= 15 is 0 Å². The zero-order chi connectivity index (χ0) is 15.5. The standard InChI is InChI=1S/C15H20FN5O/c1-11(21-6-4-20(2)5-7-21)18-19-13-3-8-22-14-9-12(16)10-17-15(13)14/h9-10,18H,1,3-8H2,2H3/b19-13-. The van der Waals surface area contributed by atoms with Crippen molar-refractivity contribution in [3.63, 3.8) is 0 Å². The molecule has 2 aliphatic rings. The molecule has 7 heteroatoms. The van der Waals surface area contributed by atoms with Gasteiger partial charge in [-0.15, -0.1) is 0 Å². The summed E-state index contributed by atoms with van der Waals surface area (Å²) >= 11 is 0. The predicted octanol–water partition coefficient (Wildman–Crippen LogP) is 1.02. The van der Waals surface area contributed by atoms with Crippen molar-refractivity contribution in [2.45, 2.75) is 6.42 Å². The van der Waals surface area contributed by atoms with Crippen molar-refractivity contribution in [3.05, 3.63) is 36.2 Å². The minimum Gasteiger partial charge on any atom is -0.491 e. The van der Waals surface area contributed by atoms with Crippen molar-refractivity contribution in [2.24, 2.45) is 5.10 Å². The smallest absolute Gasteiger partial charge is 0.149 e. The highest BCUT2D eigenvalue weighted by Crippen LogP contribution is 2.23. The number of hydrogen-bond donors (Lipinski definition) is 1. The fraction of sp³-hybridized carbons (Fsp3) is 0.467. The second kappa shape index (κ2) is 6.31. The van der Waals surface area contributed by atoms with E-state index in [4.69, 9.17) is 4.74 Å². The average Bonchev–Trinajstić information content (AvgIpc) is 2.52. The molecule has 1 saturated heterocycles. The first-order valence-corrected chi connectivity index (χ1v) is 7.37. The highest BCUT2D eigenvalue weighted by atomic mass is 19.1. The molecule has 1 aromatic heterocycles. The minimum absolute atomic E-state index is 0.408. The third-order valence-corrected chi connectivity index (χ3v) is 3.89. The Labute approximate surface area is 129 Å². The Morgan fingerprint density at radius 3 is 2.95 bits per heavy atom. The molecule has 118 valence electrons. The summed E-state index contributed by atoms with van der Waals surface area (Å²) in [5.74, 6) is 0.808. The van der Waals surface area contributed by atoms with E-state index in [2.05, 4.69) is 38.9 Å². The van der Waals surface area contributed by atoms with Crippen LogP contribution < -0.4 is 10.2 Å². The van der Waals surface area contributed by atoms with Crippen LogP contribution in [0.1, 0.15) is 12.1 Å². The fourth-order valence-corrected chi connectivity index (χ4v) is 2.51. The largest absolute Gasteiger partial charge is 0.491 e. The molecule has 3 rings (SSSR count).